The summed E-state index contributed by atoms with van der Waals surface area (Å²) < 4.78 is 0.160. The van der Waals surface area contributed by atoms with Gasteiger partial charge in [-0.15, -0.1) is 0 Å². The Bertz CT molecular complexity index is 482. The molecule has 0 radical (unpaired) electrons. The van der Waals surface area contributed by atoms with Crippen molar-refractivity contribution >= 4 is 35.4 Å². The van der Waals surface area contributed by atoms with E-state index in [1.165, 1.54) is 22.3 Å². The third-order valence-electron chi connectivity index (χ3n) is 3.49. The molecule has 0 amide bonds. The molecule has 3 rings (SSSR count). The van der Waals surface area contributed by atoms with Crippen molar-refractivity contribution in [2.24, 2.45) is 0 Å². The Morgan fingerprint density at radius 1 is 0.667 bits per heavy atom. The van der Waals surface area contributed by atoms with Crippen molar-refractivity contribution in [3.63, 3.8) is 0 Å². The van der Waals surface area contributed by atoms with Crippen LogP contribution in [0.1, 0.15) is 11.1 Å². The van der Waals surface area contributed by atoms with Gasteiger partial charge in [-0.25, -0.2) is 0 Å². The summed E-state index contributed by atoms with van der Waals surface area (Å²) in [4.78, 5) is 0. The molecule has 15 heavy (non-hydrogen) atoms. The van der Waals surface area contributed by atoms with Crippen molar-refractivity contribution in [3.05, 3.63) is 59.7 Å². The van der Waals surface area contributed by atoms with Crippen molar-refractivity contribution in [1.29, 1.82) is 0 Å². The zero-order valence-electron chi connectivity index (χ0n) is 9.12. The molecule has 2 aromatic rings. The molecule has 0 fully saturated rings. The molecule has 0 spiro atoms. The van der Waals surface area contributed by atoms with Crippen molar-refractivity contribution in [3.8, 4) is 11.1 Å². The Balaban J connectivity index is 2.42. The summed E-state index contributed by atoms with van der Waals surface area (Å²) in [5.74, 6) is 0. The van der Waals surface area contributed by atoms with Gasteiger partial charge in [-0.05, 0) is 0 Å². The number of rotatable bonds is 0. The van der Waals surface area contributed by atoms with E-state index in [2.05, 4.69) is 84.0 Å². The van der Waals surface area contributed by atoms with Gasteiger partial charge in [0.25, 0.3) is 0 Å². The van der Waals surface area contributed by atoms with E-state index in [1.54, 1.807) is 0 Å². The molecule has 0 aromatic heterocycles. The number of hydrogen-bond acceptors (Lipinski definition) is 0. The van der Waals surface area contributed by atoms with Gasteiger partial charge in [0.1, 0.15) is 0 Å². The van der Waals surface area contributed by atoms with Gasteiger partial charge < -0.3 is 0 Å². The van der Waals surface area contributed by atoms with E-state index in [0.29, 0.717) is 0 Å². The SMILES string of the molecule is [Li][C]1([Li])c2ccccc2-c2ccccc21. The van der Waals surface area contributed by atoms with Crippen LogP contribution in [0.2, 0.25) is 0 Å². The van der Waals surface area contributed by atoms with Gasteiger partial charge in [0.2, 0.25) is 0 Å². The maximum absolute atomic E-state index is 2.30. The predicted octanol–water partition coefficient (Wildman–Crippen LogP) is 2.21. The molecule has 1 aliphatic rings. The first kappa shape index (κ1) is 9.83. The molecule has 1 aliphatic carbocycles. The summed E-state index contributed by atoms with van der Waals surface area (Å²) in [6.45, 7) is 0. The third-order valence-corrected chi connectivity index (χ3v) is 3.49. The standard InChI is InChI=1S/C13H8.2Li/c1-3-7-12-10(5-1)9-11-6-2-4-8-13(11)12;;/h1-8H;;. The Morgan fingerprint density at radius 2 is 1.07 bits per heavy atom. The summed E-state index contributed by atoms with van der Waals surface area (Å²) in [7, 11) is 0. The number of hydrogen-bond donors (Lipinski definition) is 0. The Hall–Kier alpha value is -0.365. The molecule has 0 N–H and O–H groups in total. The van der Waals surface area contributed by atoms with Crippen LogP contribution in [0.4, 0.5) is 0 Å². The molecule has 0 aliphatic heterocycles. The van der Waals surface area contributed by atoms with E-state index in [0.717, 1.165) is 0 Å². The van der Waals surface area contributed by atoms with Crippen LogP contribution >= 0.6 is 0 Å². The molecular formula is C13H8Li2. The minimum absolute atomic E-state index is 0.160. The van der Waals surface area contributed by atoms with Gasteiger partial charge in [0.05, 0.1) is 0 Å². The van der Waals surface area contributed by atoms with Gasteiger partial charge in [0, 0.05) is 0 Å². The quantitative estimate of drug-likeness (QED) is 0.542. The van der Waals surface area contributed by atoms with E-state index in [1.807, 2.05) is 0 Å². The maximum atomic E-state index is 2.30. The zero-order valence-corrected chi connectivity index (χ0v) is 9.12. The second-order valence-corrected chi connectivity index (χ2v) is 4.72. The van der Waals surface area contributed by atoms with Gasteiger partial charge >= 0.3 is 109 Å². The summed E-state index contributed by atoms with van der Waals surface area (Å²) in [5, 5.41) is 0. The average molecular weight is 178 g/mol. The van der Waals surface area contributed by atoms with Crippen molar-refractivity contribution in [2.75, 3.05) is 0 Å². The Kier molecular flexibility index (Phi) is 2.17. The fraction of sp³-hybridized carbons (Fsp3) is 0.0769. The monoisotopic (exact) mass is 178 g/mol. The van der Waals surface area contributed by atoms with Crippen LogP contribution in [0.25, 0.3) is 11.1 Å². The second-order valence-electron chi connectivity index (χ2n) is 4.72. The van der Waals surface area contributed by atoms with Crippen molar-refractivity contribution in [1.82, 2.24) is 0 Å². The van der Waals surface area contributed by atoms with Crippen LogP contribution in [0.5, 0.6) is 0 Å². The van der Waals surface area contributed by atoms with E-state index in [-0.39, 0.29) is 2.76 Å². The molecule has 0 bridgehead atoms. The Labute approximate surface area is 108 Å². The first-order valence-corrected chi connectivity index (χ1v) is 5.40. The molecule has 0 saturated heterocycles. The molecule has 0 nitrogen and oxygen atoms in total. The second kappa shape index (κ2) is 3.31. The van der Waals surface area contributed by atoms with E-state index < -0.39 is 0 Å². The van der Waals surface area contributed by atoms with Crippen LogP contribution in [0.3, 0.4) is 0 Å². The van der Waals surface area contributed by atoms with E-state index in [4.69, 9.17) is 0 Å². The fourth-order valence-corrected chi connectivity index (χ4v) is 2.67. The first-order valence-electron chi connectivity index (χ1n) is 5.40. The molecule has 62 valence electrons. The van der Waals surface area contributed by atoms with Gasteiger partial charge in [0.15, 0.2) is 0 Å². The van der Waals surface area contributed by atoms with Crippen LogP contribution in [0.15, 0.2) is 48.5 Å². The molecule has 2 heteroatoms. The molecular weight excluding hydrogens is 170 g/mol. The van der Waals surface area contributed by atoms with Gasteiger partial charge in [-0.2, -0.15) is 0 Å². The van der Waals surface area contributed by atoms with Crippen LogP contribution in [-0.2, 0) is 2.76 Å². The molecule has 0 unspecified atom stereocenters. The minimum atomic E-state index is 0.160. The summed E-state index contributed by atoms with van der Waals surface area (Å²) >= 11 is 4.61. The first-order chi connectivity index (χ1) is 7.21. The van der Waals surface area contributed by atoms with Crippen LogP contribution in [-0.4, -0.2) is 35.4 Å². The summed E-state index contributed by atoms with van der Waals surface area (Å²) in [6.07, 6.45) is 0. The zero-order chi connectivity index (χ0) is 10.5. The molecule has 0 saturated carbocycles. The average Bonchev–Trinajstić information content (AvgIpc) is 2.51. The predicted molar refractivity (Wildman–Crippen MR) is 64.2 cm³/mol. The van der Waals surface area contributed by atoms with E-state index in [9.17, 15) is 0 Å². The molecule has 0 atom stereocenters. The normalized spacial score (nSPS) is 16.0. The molecule has 2 aromatic carbocycles. The van der Waals surface area contributed by atoms with Crippen LogP contribution in [0, 0.1) is 0 Å². The van der Waals surface area contributed by atoms with Crippen LogP contribution < -0.4 is 0 Å². The summed E-state index contributed by atoms with van der Waals surface area (Å²) in [5.41, 5.74) is 5.70. The van der Waals surface area contributed by atoms with Crippen molar-refractivity contribution in [2.45, 2.75) is 2.76 Å². The fourth-order valence-electron chi connectivity index (χ4n) is 2.67. The van der Waals surface area contributed by atoms with E-state index >= 15 is 0 Å². The third kappa shape index (κ3) is 1.30. The van der Waals surface area contributed by atoms with Crippen molar-refractivity contribution < 1.29 is 0 Å². The number of benzene rings is 2. The Morgan fingerprint density at radius 3 is 1.53 bits per heavy atom. The molecule has 0 heterocycles. The van der Waals surface area contributed by atoms with Gasteiger partial charge in [-0.3, -0.25) is 0 Å². The topological polar surface area (TPSA) is 0 Å². The number of fused-ring (bicyclic) bond motifs is 3. The summed E-state index contributed by atoms with van der Waals surface area (Å²) in [6, 6.07) is 17.4. The van der Waals surface area contributed by atoms with Gasteiger partial charge in [-0.1, -0.05) is 0 Å².